The Morgan fingerprint density at radius 3 is 2.39 bits per heavy atom. The summed E-state index contributed by atoms with van der Waals surface area (Å²) in [5, 5.41) is 31.7. The standard InChI is InChI=1S/C32H34N4O5/c1-19-15-25-26(16-24(19)32(40)41)34-30(38)28(25)29(20-7-5-4-6-8-20)33-23-11-9-21(10-12-23)31(39)36-14-13-22(17-35(2)3)27(37)18-36/h4-12,15-16,22,27,34,37-38H,13-14,17-18H2,1-3H3,(H,40,41)/t22-,27+/m0/s1. The molecule has 1 fully saturated rings. The average molecular weight is 555 g/mol. The fourth-order valence-electron chi connectivity index (χ4n) is 5.50. The number of amides is 1. The van der Waals surface area contributed by atoms with Crippen molar-refractivity contribution in [1.82, 2.24) is 14.8 Å². The minimum Gasteiger partial charge on any atom is -0.494 e. The van der Waals surface area contributed by atoms with E-state index in [1.165, 1.54) is 6.07 Å². The lowest BCUT2D eigenvalue weighted by atomic mass is 9.93. The van der Waals surface area contributed by atoms with Crippen LogP contribution >= 0.6 is 0 Å². The molecular formula is C32H34N4O5. The number of β-amino-alcohol motifs (C(OH)–C–C–N with tert-alkyl or cyclic N) is 1. The van der Waals surface area contributed by atoms with Crippen molar-refractivity contribution in [2.75, 3.05) is 33.7 Å². The van der Waals surface area contributed by atoms with Gasteiger partial charge in [-0.1, -0.05) is 30.3 Å². The number of aliphatic imine (C=N–C) groups is 1. The Hall–Kier alpha value is -4.47. The van der Waals surface area contributed by atoms with Gasteiger partial charge in [-0.3, -0.25) is 4.79 Å². The van der Waals surface area contributed by atoms with E-state index in [1.807, 2.05) is 44.4 Å². The number of aromatic hydroxyl groups is 1. The predicted molar refractivity (Wildman–Crippen MR) is 158 cm³/mol. The number of H-pyrrole nitrogens is 1. The van der Waals surface area contributed by atoms with E-state index < -0.39 is 12.1 Å². The van der Waals surface area contributed by atoms with Crippen LogP contribution in [0.3, 0.4) is 0 Å². The number of carboxylic acid groups (broad SMARTS) is 1. The molecule has 0 saturated carbocycles. The summed E-state index contributed by atoms with van der Waals surface area (Å²) in [6.45, 7) is 3.40. The van der Waals surface area contributed by atoms with Gasteiger partial charge in [0.1, 0.15) is 0 Å². The van der Waals surface area contributed by atoms with E-state index in [1.54, 1.807) is 42.2 Å². The minimum absolute atomic E-state index is 0.118. The van der Waals surface area contributed by atoms with Crippen LogP contribution < -0.4 is 0 Å². The van der Waals surface area contributed by atoms with Crippen molar-refractivity contribution >= 4 is 34.2 Å². The number of carbonyl (C=O) groups excluding carboxylic acids is 1. The molecule has 4 aromatic rings. The number of aromatic nitrogens is 1. The summed E-state index contributed by atoms with van der Waals surface area (Å²) in [7, 11) is 3.96. The van der Waals surface area contributed by atoms with Crippen LogP contribution in [0.25, 0.3) is 10.9 Å². The molecule has 1 amide bonds. The van der Waals surface area contributed by atoms with Crippen LogP contribution in [0.2, 0.25) is 0 Å². The van der Waals surface area contributed by atoms with Gasteiger partial charge in [0.25, 0.3) is 5.91 Å². The molecule has 5 rings (SSSR count). The number of aliphatic hydroxyl groups excluding tert-OH is 1. The van der Waals surface area contributed by atoms with Gasteiger partial charge in [-0.05, 0) is 69.4 Å². The summed E-state index contributed by atoms with van der Waals surface area (Å²) in [6, 6.07) is 19.6. The quantitative estimate of drug-likeness (QED) is 0.250. The number of piperidine rings is 1. The fraction of sp³-hybridized carbons (Fsp3) is 0.281. The second-order valence-electron chi connectivity index (χ2n) is 10.9. The molecule has 1 aromatic heterocycles. The highest BCUT2D eigenvalue weighted by atomic mass is 16.4. The lowest BCUT2D eigenvalue weighted by Crippen LogP contribution is -2.48. The van der Waals surface area contributed by atoms with E-state index >= 15 is 0 Å². The maximum absolute atomic E-state index is 13.2. The summed E-state index contributed by atoms with van der Waals surface area (Å²) < 4.78 is 0. The number of carbonyl (C=O) groups is 2. The highest BCUT2D eigenvalue weighted by Gasteiger charge is 2.31. The SMILES string of the molecule is Cc1cc2c(C(=Nc3ccc(C(=O)N4CC[C@@H](CN(C)C)[C@H](O)C4)cc3)c3ccccc3)c(O)[nH]c2cc1C(=O)O. The number of hydrogen-bond acceptors (Lipinski definition) is 6. The predicted octanol–water partition coefficient (Wildman–Crippen LogP) is 4.43. The summed E-state index contributed by atoms with van der Waals surface area (Å²) in [4.78, 5) is 36.4. The van der Waals surface area contributed by atoms with Gasteiger partial charge in [0, 0.05) is 47.6 Å². The third-order valence-corrected chi connectivity index (χ3v) is 7.60. The summed E-state index contributed by atoms with van der Waals surface area (Å²) in [5.41, 5.74) is 4.02. The van der Waals surface area contributed by atoms with Gasteiger partial charge in [-0.25, -0.2) is 9.79 Å². The second-order valence-corrected chi connectivity index (χ2v) is 10.9. The van der Waals surface area contributed by atoms with E-state index in [4.69, 9.17) is 4.99 Å². The van der Waals surface area contributed by atoms with Crippen LogP contribution in [-0.2, 0) is 0 Å². The van der Waals surface area contributed by atoms with Crippen LogP contribution in [-0.4, -0.2) is 87.5 Å². The third kappa shape index (κ3) is 5.86. The molecule has 0 aliphatic carbocycles. The molecule has 212 valence electrons. The number of nitrogens with zero attached hydrogens (tertiary/aromatic N) is 3. The monoisotopic (exact) mass is 554 g/mol. The molecule has 0 unspecified atom stereocenters. The Balaban J connectivity index is 1.47. The molecule has 3 aromatic carbocycles. The van der Waals surface area contributed by atoms with E-state index in [2.05, 4.69) is 9.88 Å². The van der Waals surface area contributed by atoms with Crippen molar-refractivity contribution in [2.24, 2.45) is 10.9 Å². The highest BCUT2D eigenvalue weighted by molar-refractivity contribution is 6.22. The fourth-order valence-corrected chi connectivity index (χ4v) is 5.50. The number of carboxylic acids is 1. The number of aromatic carboxylic acids is 1. The van der Waals surface area contributed by atoms with Crippen molar-refractivity contribution in [3.8, 4) is 5.88 Å². The van der Waals surface area contributed by atoms with E-state index in [0.29, 0.717) is 52.1 Å². The number of likely N-dealkylation sites (tertiary alicyclic amines) is 1. The van der Waals surface area contributed by atoms with E-state index in [-0.39, 0.29) is 23.3 Å². The van der Waals surface area contributed by atoms with Crippen molar-refractivity contribution < 1.29 is 24.9 Å². The van der Waals surface area contributed by atoms with Gasteiger partial charge in [-0.2, -0.15) is 0 Å². The molecule has 1 aliphatic rings. The molecule has 4 N–H and O–H groups in total. The number of aliphatic hydroxyl groups is 1. The van der Waals surface area contributed by atoms with Crippen molar-refractivity contribution in [1.29, 1.82) is 0 Å². The van der Waals surface area contributed by atoms with Crippen LogP contribution in [0.1, 0.15) is 43.8 Å². The molecule has 2 atom stereocenters. The zero-order valence-electron chi connectivity index (χ0n) is 23.3. The lowest BCUT2D eigenvalue weighted by Gasteiger charge is -2.37. The molecule has 0 radical (unpaired) electrons. The first-order valence-electron chi connectivity index (χ1n) is 13.6. The number of benzene rings is 3. The molecule has 0 bridgehead atoms. The maximum atomic E-state index is 13.2. The third-order valence-electron chi connectivity index (χ3n) is 7.60. The van der Waals surface area contributed by atoms with Gasteiger partial charge in [-0.15, -0.1) is 0 Å². The molecule has 9 nitrogen and oxygen atoms in total. The molecule has 9 heteroatoms. The first-order chi connectivity index (χ1) is 19.6. The largest absolute Gasteiger partial charge is 0.494 e. The van der Waals surface area contributed by atoms with Crippen LogP contribution in [0.15, 0.2) is 71.7 Å². The average Bonchev–Trinajstić information content (AvgIpc) is 3.26. The molecule has 41 heavy (non-hydrogen) atoms. The van der Waals surface area contributed by atoms with Crippen molar-refractivity contribution in [3.63, 3.8) is 0 Å². The van der Waals surface area contributed by atoms with Gasteiger partial charge >= 0.3 is 5.97 Å². The Morgan fingerprint density at radius 2 is 1.76 bits per heavy atom. The number of aryl methyl sites for hydroxylation is 1. The van der Waals surface area contributed by atoms with Gasteiger partial charge in [0.2, 0.25) is 0 Å². The normalized spacial score (nSPS) is 17.8. The zero-order chi connectivity index (χ0) is 29.3. The van der Waals surface area contributed by atoms with Crippen molar-refractivity contribution in [2.45, 2.75) is 19.4 Å². The van der Waals surface area contributed by atoms with Crippen molar-refractivity contribution in [3.05, 3.63) is 94.5 Å². The van der Waals surface area contributed by atoms with Gasteiger partial charge in [0.15, 0.2) is 5.88 Å². The smallest absolute Gasteiger partial charge is 0.336 e. The second kappa shape index (κ2) is 11.6. The van der Waals surface area contributed by atoms with Gasteiger partial charge < -0.3 is 30.1 Å². The van der Waals surface area contributed by atoms with E-state index in [0.717, 1.165) is 18.5 Å². The summed E-state index contributed by atoms with van der Waals surface area (Å²) in [6.07, 6.45) is 0.182. The number of aromatic amines is 1. The highest BCUT2D eigenvalue weighted by Crippen LogP contribution is 2.33. The summed E-state index contributed by atoms with van der Waals surface area (Å²) in [5.74, 6) is -1.15. The number of fused-ring (bicyclic) bond motifs is 1. The molecule has 1 aliphatic heterocycles. The lowest BCUT2D eigenvalue weighted by molar-refractivity contribution is 0.0124. The minimum atomic E-state index is -1.04. The Bertz CT molecular complexity index is 1610. The zero-order valence-corrected chi connectivity index (χ0v) is 23.3. The summed E-state index contributed by atoms with van der Waals surface area (Å²) >= 11 is 0. The Kier molecular flexibility index (Phi) is 7.92. The molecule has 2 heterocycles. The first kappa shape index (κ1) is 28.1. The van der Waals surface area contributed by atoms with E-state index in [9.17, 15) is 24.9 Å². The molecule has 0 spiro atoms. The van der Waals surface area contributed by atoms with Crippen LogP contribution in [0.4, 0.5) is 5.69 Å². The first-order valence-corrected chi connectivity index (χ1v) is 13.6. The molecule has 1 saturated heterocycles. The number of rotatable bonds is 7. The molecular weight excluding hydrogens is 520 g/mol. The van der Waals surface area contributed by atoms with Crippen LogP contribution in [0.5, 0.6) is 5.88 Å². The Labute approximate surface area is 238 Å². The number of nitrogens with one attached hydrogen (secondary N) is 1. The number of hydrogen-bond donors (Lipinski definition) is 4. The van der Waals surface area contributed by atoms with Crippen LogP contribution in [0, 0.1) is 12.8 Å². The topological polar surface area (TPSA) is 129 Å². The Morgan fingerprint density at radius 1 is 1.05 bits per heavy atom. The maximum Gasteiger partial charge on any atom is 0.336 e. The van der Waals surface area contributed by atoms with Gasteiger partial charge in [0.05, 0.1) is 28.6 Å².